The quantitative estimate of drug-likeness (QED) is 0.877. The largest absolute Gasteiger partial charge is 0.479 e. The molecule has 1 heterocycles. The van der Waals surface area contributed by atoms with E-state index in [4.69, 9.17) is 0 Å². The van der Waals surface area contributed by atoms with E-state index in [0.29, 0.717) is 5.56 Å². The maximum atomic E-state index is 13.0. The standard InChI is InChI=1S/C20H21NO4S/c1-2-5-14-8-10-15(11-9-14)16-6-3-4-7-17(16)18(22)21-12-13-26(25)19(21)20(23)24/h3-4,6-11,19H,2,5,12-13H2,1H3,(H,23,24). The Balaban J connectivity index is 1.95. The third-order valence-electron chi connectivity index (χ3n) is 4.50. The van der Waals surface area contributed by atoms with Crippen LogP contribution in [0.5, 0.6) is 0 Å². The molecule has 0 bridgehead atoms. The monoisotopic (exact) mass is 371 g/mol. The van der Waals surface area contributed by atoms with E-state index in [0.717, 1.165) is 24.0 Å². The number of carboxylic acids is 1. The first kappa shape index (κ1) is 18.3. The molecular formula is C20H21NO4S. The van der Waals surface area contributed by atoms with Crippen molar-refractivity contribution in [1.29, 1.82) is 0 Å². The minimum atomic E-state index is -1.57. The van der Waals surface area contributed by atoms with Crippen molar-refractivity contribution in [3.8, 4) is 11.1 Å². The lowest BCUT2D eigenvalue weighted by Gasteiger charge is -2.21. The molecule has 2 aromatic carbocycles. The smallest absolute Gasteiger partial charge is 0.339 e. The van der Waals surface area contributed by atoms with E-state index in [-0.39, 0.29) is 12.3 Å². The summed E-state index contributed by atoms with van der Waals surface area (Å²) in [6.45, 7) is 2.31. The molecule has 1 aliphatic heterocycles. The molecule has 0 saturated carbocycles. The molecule has 2 unspecified atom stereocenters. The fraction of sp³-hybridized carbons (Fsp3) is 0.300. The normalized spacial score (nSPS) is 19.5. The van der Waals surface area contributed by atoms with Gasteiger partial charge in [0, 0.05) is 17.9 Å². The highest BCUT2D eigenvalue weighted by Crippen LogP contribution is 2.27. The van der Waals surface area contributed by atoms with E-state index in [2.05, 4.69) is 6.92 Å². The molecule has 5 nitrogen and oxygen atoms in total. The van der Waals surface area contributed by atoms with E-state index < -0.39 is 28.0 Å². The molecule has 3 rings (SSSR count). The topological polar surface area (TPSA) is 74.7 Å². The first-order valence-electron chi connectivity index (χ1n) is 8.62. The number of rotatable bonds is 5. The van der Waals surface area contributed by atoms with Gasteiger partial charge in [-0.15, -0.1) is 0 Å². The van der Waals surface area contributed by atoms with Crippen molar-refractivity contribution in [3.63, 3.8) is 0 Å². The van der Waals surface area contributed by atoms with Gasteiger partial charge in [-0.1, -0.05) is 55.8 Å². The van der Waals surface area contributed by atoms with Crippen molar-refractivity contribution in [3.05, 3.63) is 59.7 Å². The zero-order valence-electron chi connectivity index (χ0n) is 14.6. The molecular weight excluding hydrogens is 350 g/mol. The number of nitrogens with zero attached hydrogens (tertiary/aromatic N) is 1. The maximum absolute atomic E-state index is 13.0. The van der Waals surface area contributed by atoms with Gasteiger partial charge in [0.2, 0.25) is 5.37 Å². The fourth-order valence-corrected chi connectivity index (χ4v) is 4.54. The Kier molecular flexibility index (Phi) is 5.52. The summed E-state index contributed by atoms with van der Waals surface area (Å²) in [6.07, 6.45) is 2.07. The van der Waals surface area contributed by atoms with Crippen LogP contribution in [0, 0.1) is 0 Å². The van der Waals surface area contributed by atoms with Gasteiger partial charge in [0.15, 0.2) is 0 Å². The molecule has 1 saturated heterocycles. The summed E-state index contributed by atoms with van der Waals surface area (Å²) in [5.41, 5.74) is 3.32. The van der Waals surface area contributed by atoms with Gasteiger partial charge in [0.25, 0.3) is 5.91 Å². The van der Waals surface area contributed by atoms with Gasteiger partial charge in [0.05, 0.1) is 10.8 Å². The number of benzene rings is 2. The summed E-state index contributed by atoms with van der Waals surface area (Å²) in [5.74, 6) is -1.43. The van der Waals surface area contributed by atoms with Crippen LogP contribution in [0.1, 0.15) is 29.3 Å². The predicted octanol–water partition coefficient (Wildman–Crippen LogP) is 2.92. The van der Waals surface area contributed by atoms with Crippen LogP contribution in [-0.4, -0.2) is 43.8 Å². The number of carboxylic acid groups (broad SMARTS) is 1. The molecule has 2 aromatic rings. The summed E-state index contributed by atoms with van der Waals surface area (Å²) in [7, 11) is -1.57. The van der Waals surface area contributed by atoms with Gasteiger partial charge in [-0.05, 0) is 29.2 Å². The third kappa shape index (κ3) is 3.55. The second kappa shape index (κ2) is 7.83. The first-order valence-corrected chi connectivity index (χ1v) is 10.0. The van der Waals surface area contributed by atoms with E-state index in [1.54, 1.807) is 12.1 Å². The Morgan fingerprint density at radius 3 is 2.50 bits per heavy atom. The Labute approximate surface area is 155 Å². The highest BCUT2D eigenvalue weighted by Gasteiger charge is 2.40. The van der Waals surface area contributed by atoms with Crippen molar-refractivity contribution < 1.29 is 18.9 Å². The number of aryl methyl sites for hydroxylation is 1. The van der Waals surface area contributed by atoms with Crippen LogP contribution in [0.25, 0.3) is 11.1 Å². The van der Waals surface area contributed by atoms with E-state index in [9.17, 15) is 18.9 Å². The molecule has 0 radical (unpaired) electrons. The predicted molar refractivity (Wildman–Crippen MR) is 101 cm³/mol. The maximum Gasteiger partial charge on any atom is 0.339 e. The van der Waals surface area contributed by atoms with E-state index in [1.165, 1.54) is 10.5 Å². The van der Waals surface area contributed by atoms with Gasteiger partial charge in [-0.25, -0.2) is 4.79 Å². The van der Waals surface area contributed by atoms with Gasteiger partial charge < -0.3 is 10.0 Å². The lowest BCUT2D eigenvalue weighted by Crippen LogP contribution is -2.42. The average molecular weight is 371 g/mol. The molecule has 0 aliphatic carbocycles. The van der Waals surface area contributed by atoms with E-state index >= 15 is 0 Å². The zero-order valence-corrected chi connectivity index (χ0v) is 15.4. The Morgan fingerprint density at radius 1 is 1.15 bits per heavy atom. The molecule has 0 aromatic heterocycles. The van der Waals surface area contributed by atoms with Crippen molar-refractivity contribution in [2.24, 2.45) is 0 Å². The Morgan fingerprint density at radius 2 is 1.85 bits per heavy atom. The molecule has 1 amide bonds. The van der Waals surface area contributed by atoms with Crippen LogP contribution in [0.3, 0.4) is 0 Å². The van der Waals surface area contributed by atoms with Crippen molar-refractivity contribution in [1.82, 2.24) is 4.90 Å². The number of amides is 1. The minimum Gasteiger partial charge on any atom is -0.479 e. The van der Waals surface area contributed by atoms with Gasteiger partial charge in [0.1, 0.15) is 0 Å². The molecule has 136 valence electrons. The molecule has 1 fully saturated rings. The zero-order chi connectivity index (χ0) is 18.7. The number of carbonyl (C=O) groups is 2. The van der Waals surface area contributed by atoms with Crippen LogP contribution in [0.2, 0.25) is 0 Å². The summed E-state index contributed by atoms with van der Waals surface area (Å²) < 4.78 is 12.0. The lowest BCUT2D eigenvalue weighted by atomic mass is 9.97. The minimum absolute atomic E-state index is 0.187. The summed E-state index contributed by atoms with van der Waals surface area (Å²) in [5, 5.41) is 8.05. The molecule has 6 heteroatoms. The third-order valence-corrected chi connectivity index (χ3v) is 6.04. The lowest BCUT2D eigenvalue weighted by molar-refractivity contribution is -0.138. The van der Waals surface area contributed by atoms with Crippen LogP contribution in [0.15, 0.2) is 48.5 Å². The SMILES string of the molecule is CCCc1ccc(-c2ccccc2C(=O)N2CCS(=O)C2C(=O)O)cc1. The number of carbonyl (C=O) groups excluding carboxylic acids is 1. The fourth-order valence-electron chi connectivity index (χ4n) is 3.23. The number of hydrogen-bond donors (Lipinski definition) is 1. The van der Waals surface area contributed by atoms with Crippen LogP contribution in [-0.2, 0) is 22.0 Å². The molecule has 0 spiro atoms. The van der Waals surface area contributed by atoms with Crippen LogP contribution >= 0.6 is 0 Å². The highest BCUT2D eigenvalue weighted by atomic mass is 32.2. The van der Waals surface area contributed by atoms with Crippen LogP contribution < -0.4 is 0 Å². The first-order chi connectivity index (χ1) is 12.5. The van der Waals surface area contributed by atoms with Crippen molar-refractivity contribution in [2.45, 2.75) is 25.1 Å². The molecule has 26 heavy (non-hydrogen) atoms. The molecule has 1 N–H and O–H groups in total. The van der Waals surface area contributed by atoms with Gasteiger partial charge in [-0.2, -0.15) is 0 Å². The summed E-state index contributed by atoms with van der Waals surface area (Å²) in [6, 6.07) is 15.2. The Bertz CT molecular complexity index is 847. The summed E-state index contributed by atoms with van der Waals surface area (Å²) >= 11 is 0. The second-order valence-electron chi connectivity index (χ2n) is 6.27. The second-order valence-corrected chi connectivity index (χ2v) is 7.88. The molecule has 1 aliphatic rings. The van der Waals surface area contributed by atoms with Crippen LogP contribution in [0.4, 0.5) is 0 Å². The highest BCUT2D eigenvalue weighted by molar-refractivity contribution is 7.86. The Hall–Kier alpha value is -2.47. The van der Waals surface area contributed by atoms with Gasteiger partial charge in [-0.3, -0.25) is 9.00 Å². The molecule has 2 atom stereocenters. The van der Waals surface area contributed by atoms with Crippen molar-refractivity contribution in [2.75, 3.05) is 12.3 Å². The number of hydrogen-bond acceptors (Lipinski definition) is 3. The average Bonchev–Trinajstić information content (AvgIpc) is 3.04. The van der Waals surface area contributed by atoms with E-state index in [1.807, 2.05) is 36.4 Å². The number of aliphatic carboxylic acids is 1. The van der Waals surface area contributed by atoms with Gasteiger partial charge >= 0.3 is 5.97 Å². The van der Waals surface area contributed by atoms with Crippen molar-refractivity contribution >= 4 is 22.7 Å². The summed E-state index contributed by atoms with van der Waals surface area (Å²) in [4.78, 5) is 25.6.